The van der Waals surface area contributed by atoms with Crippen LogP contribution in [0, 0.1) is 0 Å². The maximum atomic E-state index is 10.8. The second kappa shape index (κ2) is 4.41. The van der Waals surface area contributed by atoms with E-state index in [0.717, 1.165) is 22.8 Å². The van der Waals surface area contributed by atoms with Gasteiger partial charge in [-0.15, -0.1) is 0 Å². The number of aliphatic carboxylic acids is 1. The van der Waals surface area contributed by atoms with Crippen LogP contribution in [0.25, 0.3) is 10.9 Å². The van der Waals surface area contributed by atoms with Crippen molar-refractivity contribution in [3.63, 3.8) is 0 Å². The molecule has 0 aliphatic rings. The molecule has 0 saturated carbocycles. The summed E-state index contributed by atoms with van der Waals surface area (Å²) in [6.45, 7) is 1.86. The third-order valence-electron chi connectivity index (χ3n) is 2.91. The van der Waals surface area contributed by atoms with Crippen molar-refractivity contribution in [2.75, 3.05) is 0 Å². The average Bonchev–Trinajstić information content (AvgIpc) is 2.69. The van der Waals surface area contributed by atoms with Crippen LogP contribution in [-0.4, -0.2) is 22.3 Å². The van der Waals surface area contributed by atoms with Gasteiger partial charge in [0.25, 0.3) is 0 Å². The average molecular weight is 231 g/mol. The van der Waals surface area contributed by atoms with E-state index in [4.69, 9.17) is 5.11 Å². The first-order chi connectivity index (χ1) is 8.11. The lowest BCUT2D eigenvalue weighted by Gasteiger charge is -2.09. The topological polar surface area (TPSA) is 70.2 Å². The predicted octanol–water partition coefficient (Wildman–Crippen LogP) is 2.56. The molecular formula is C13H13NO3. The summed E-state index contributed by atoms with van der Waals surface area (Å²) in [5.74, 6) is -0.881. The number of nitrogens with one attached hydrogen (secondary N) is 1. The van der Waals surface area contributed by atoms with Gasteiger partial charge in [-0.1, -0.05) is 13.0 Å². The summed E-state index contributed by atoms with van der Waals surface area (Å²) < 4.78 is 0. The van der Waals surface area contributed by atoms with Gasteiger partial charge in [0.2, 0.25) is 0 Å². The summed E-state index contributed by atoms with van der Waals surface area (Å²) in [6, 6.07) is 5.64. The lowest BCUT2D eigenvalue weighted by Crippen LogP contribution is -2.02. The summed E-state index contributed by atoms with van der Waals surface area (Å²) in [7, 11) is 0. The molecule has 0 aliphatic heterocycles. The van der Waals surface area contributed by atoms with Gasteiger partial charge in [0.1, 0.15) is 0 Å². The van der Waals surface area contributed by atoms with Crippen LogP contribution < -0.4 is 0 Å². The van der Waals surface area contributed by atoms with Crippen LogP contribution in [-0.2, 0) is 4.79 Å². The molecule has 1 heterocycles. The summed E-state index contributed by atoms with van der Waals surface area (Å²) in [5.41, 5.74) is 2.42. The fourth-order valence-electron chi connectivity index (χ4n) is 1.94. The molecule has 0 fully saturated rings. The fourth-order valence-corrected chi connectivity index (χ4v) is 1.94. The van der Waals surface area contributed by atoms with Gasteiger partial charge in [0.05, 0.1) is 6.42 Å². The molecule has 4 heteroatoms. The van der Waals surface area contributed by atoms with Gasteiger partial charge < -0.3 is 10.1 Å². The number of aromatic amines is 1. The number of aldehydes is 1. The molecule has 0 spiro atoms. The standard InChI is InChI=1S/C13H13NO3/c1-8(4-13(16)17)9-2-3-12-11(5-9)10(7-15)6-14-12/h2-3,5-8,14H,4H2,1H3,(H,16,17). The first-order valence-electron chi connectivity index (χ1n) is 5.40. The molecule has 0 amide bonds. The molecule has 1 atom stereocenters. The zero-order valence-electron chi connectivity index (χ0n) is 9.43. The van der Waals surface area contributed by atoms with Gasteiger partial charge in [0.15, 0.2) is 6.29 Å². The molecule has 0 saturated heterocycles. The van der Waals surface area contributed by atoms with Crippen molar-refractivity contribution in [2.45, 2.75) is 19.3 Å². The number of rotatable bonds is 4. The van der Waals surface area contributed by atoms with Crippen molar-refractivity contribution in [3.05, 3.63) is 35.5 Å². The van der Waals surface area contributed by atoms with Crippen LogP contribution in [0.5, 0.6) is 0 Å². The van der Waals surface area contributed by atoms with Gasteiger partial charge in [-0.25, -0.2) is 0 Å². The Bertz CT molecular complexity index is 571. The minimum atomic E-state index is -0.817. The highest BCUT2D eigenvalue weighted by Crippen LogP contribution is 2.25. The van der Waals surface area contributed by atoms with Crippen LogP contribution in [0.15, 0.2) is 24.4 Å². The Morgan fingerprint density at radius 2 is 2.29 bits per heavy atom. The summed E-state index contributed by atoms with van der Waals surface area (Å²) in [5, 5.41) is 9.60. The van der Waals surface area contributed by atoms with Crippen LogP contribution in [0.2, 0.25) is 0 Å². The number of carboxylic acids is 1. The van der Waals surface area contributed by atoms with Gasteiger partial charge in [-0.3, -0.25) is 9.59 Å². The van der Waals surface area contributed by atoms with E-state index in [-0.39, 0.29) is 12.3 Å². The molecule has 2 N–H and O–H groups in total. The van der Waals surface area contributed by atoms with Crippen LogP contribution in [0.4, 0.5) is 0 Å². The second-order valence-electron chi connectivity index (χ2n) is 4.17. The van der Waals surface area contributed by atoms with E-state index >= 15 is 0 Å². The van der Waals surface area contributed by atoms with Crippen molar-refractivity contribution < 1.29 is 14.7 Å². The van der Waals surface area contributed by atoms with E-state index in [0.29, 0.717) is 5.56 Å². The highest BCUT2D eigenvalue weighted by Gasteiger charge is 2.12. The molecule has 1 aromatic carbocycles. The number of aromatic nitrogens is 1. The molecule has 0 aliphatic carbocycles. The van der Waals surface area contributed by atoms with Gasteiger partial charge >= 0.3 is 5.97 Å². The molecule has 1 aromatic heterocycles. The quantitative estimate of drug-likeness (QED) is 0.794. The minimum Gasteiger partial charge on any atom is -0.481 e. The zero-order chi connectivity index (χ0) is 12.4. The first kappa shape index (κ1) is 11.4. The fraction of sp³-hybridized carbons (Fsp3) is 0.231. The number of benzene rings is 1. The molecule has 1 unspecified atom stereocenters. The van der Waals surface area contributed by atoms with E-state index in [1.54, 1.807) is 6.20 Å². The van der Waals surface area contributed by atoms with Crippen molar-refractivity contribution in [2.24, 2.45) is 0 Å². The SMILES string of the molecule is CC(CC(=O)O)c1ccc2[nH]cc(C=O)c2c1. The van der Waals surface area contributed by atoms with Gasteiger partial charge in [-0.05, 0) is 23.6 Å². The highest BCUT2D eigenvalue weighted by atomic mass is 16.4. The van der Waals surface area contributed by atoms with E-state index in [1.165, 1.54) is 0 Å². The summed E-state index contributed by atoms with van der Waals surface area (Å²) in [4.78, 5) is 24.5. The number of carboxylic acid groups (broad SMARTS) is 1. The van der Waals surface area contributed by atoms with Gasteiger partial charge in [-0.2, -0.15) is 0 Å². The number of H-pyrrole nitrogens is 1. The smallest absolute Gasteiger partial charge is 0.303 e. The highest BCUT2D eigenvalue weighted by molar-refractivity contribution is 5.97. The number of carbonyl (C=O) groups is 2. The molecular weight excluding hydrogens is 218 g/mol. The maximum absolute atomic E-state index is 10.8. The Morgan fingerprint density at radius 3 is 2.94 bits per heavy atom. The molecule has 2 aromatic rings. The Kier molecular flexibility index (Phi) is 2.95. The molecule has 0 bridgehead atoms. The van der Waals surface area contributed by atoms with Crippen LogP contribution in [0.1, 0.15) is 35.2 Å². The molecule has 2 rings (SSSR count). The molecule has 88 valence electrons. The third kappa shape index (κ3) is 2.20. The third-order valence-corrected chi connectivity index (χ3v) is 2.91. The zero-order valence-corrected chi connectivity index (χ0v) is 9.43. The number of hydrogen-bond donors (Lipinski definition) is 2. The van der Waals surface area contributed by atoms with Crippen LogP contribution in [0.3, 0.4) is 0 Å². The summed E-state index contributed by atoms with van der Waals surface area (Å²) >= 11 is 0. The number of hydrogen-bond acceptors (Lipinski definition) is 2. The number of fused-ring (bicyclic) bond motifs is 1. The van der Waals surface area contributed by atoms with E-state index in [9.17, 15) is 9.59 Å². The van der Waals surface area contributed by atoms with Crippen molar-refractivity contribution in [1.82, 2.24) is 4.98 Å². The van der Waals surface area contributed by atoms with E-state index in [1.807, 2.05) is 25.1 Å². The Labute approximate surface area is 98.3 Å². The number of carbonyl (C=O) groups excluding carboxylic acids is 1. The second-order valence-corrected chi connectivity index (χ2v) is 4.17. The Hall–Kier alpha value is -2.10. The maximum Gasteiger partial charge on any atom is 0.303 e. The summed E-state index contributed by atoms with van der Waals surface area (Å²) in [6.07, 6.45) is 2.54. The molecule has 0 radical (unpaired) electrons. The molecule has 4 nitrogen and oxygen atoms in total. The van der Waals surface area contributed by atoms with Crippen LogP contribution >= 0.6 is 0 Å². The van der Waals surface area contributed by atoms with Crippen molar-refractivity contribution >= 4 is 23.2 Å². The van der Waals surface area contributed by atoms with E-state index in [2.05, 4.69) is 4.98 Å². The van der Waals surface area contributed by atoms with E-state index < -0.39 is 5.97 Å². The first-order valence-corrected chi connectivity index (χ1v) is 5.40. The Morgan fingerprint density at radius 1 is 1.53 bits per heavy atom. The normalized spacial score (nSPS) is 12.5. The van der Waals surface area contributed by atoms with Crippen molar-refractivity contribution in [3.8, 4) is 0 Å². The van der Waals surface area contributed by atoms with Gasteiger partial charge in [0, 0.05) is 22.7 Å². The molecule has 17 heavy (non-hydrogen) atoms. The largest absolute Gasteiger partial charge is 0.481 e. The monoisotopic (exact) mass is 231 g/mol. The minimum absolute atomic E-state index is 0.0636. The predicted molar refractivity (Wildman–Crippen MR) is 64.4 cm³/mol. The van der Waals surface area contributed by atoms with Crippen molar-refractivity contribution in [1.29, 1.82) is 0 Å². The Balaban J connectivity index is 2.42. The lowest BCUT2D eigenvalue weighted by molar-refractivity contribution is -0.137. The lowest BCUT2D eigenvalue weighted by atomic mass is 9.96.